The molecular formula is C51H41N5. The lowest BCUT2D eigenvalue weighted by Gasteiger charge is -2.29. The molecule has 9 rings (SSSR count). The van der Waals surface area contributed by atoms with Crippen molar-refractivity contribution in [3.8, 4) is 51.0 Å². The Labute approximate surface area is 327 Å². The van der Waals surface area contributed by atoms with Gasteiger partial charge < -0.3 is 9.47 Å². The molecule has 1 unspecified atom stereocenters. The van der Waals surface area contributed by atoms with Gasteiger partial charge in [-0.1, -0.05) is 146 Å². The Balaban J connectivity index is 1.31. The Morgan fingerprint density at radius 1 is 0.518 bits per heavy atom. The molecule has 0 fully saturated rings. The van der Waals surface area contributed by atoms with Gasteiger partial charge in [-0.15, -0.1) is 0 Å². The number of para-hydroxylation sites is 1. The van der Waals surface area contributed by atoms with E-state index < -0.39 is 0 Å². The zero-order valence-electron chi connectivity index (χ0n) is 31.7. The molecule has 0 bridgehead atoms. The van der Waals surface area contributed by atoms with Crippen molar-refractivity contribution >= 4 is 33.4 Å². The van der Waals surface area contributed by atoms with Crippen LogP contribution in [-0.2, 0) is 0 Å². The third-order valence-electron chi connectivity index (χ3n) is 10.5. The van der Waals surface area contributed by atoms with E-state index in [1.54, 1.807) is 0 Å². The first kappa shape index (κ1) is 34.6. The second-order valence-corrected chi connectivity index (χ2v) is 14.0. The SMILES string of the molecule is C/C=C\N(c1ccccc1)C(C)c1ccc2cccc3c2c1/c(=C\C)n3-c1cc(-c2ccccc2)cc(-c2nc(-c3ccccc3)nc(-c3ccccc3)n2)c1. The van der Waals surface area contributed by atoms with Crippen LogP contribution in [0.3, 0.4) is 0 Å². The highest BCUT2D eigenvalue weighted by Crippen LogP contribution is 2.38. The van der Waals surface area contributed by atoms with Crippen LogP contribution < -0.4 is 10.2 Å². The van der Waals surface area contributed by atoms with E-state index in [1.165, 1.54) is 21.7 Å². The summed E-state index contributed by atoms with van der Waals surface area (Å²) in [4.78, 5) is 17.7. The molecule has 270 valence electrons. The molecule has 5 nitrogen and oxygen atoms in total. The fourth-order valence-electron chi connectivity index (χ4n) is 7.93. The van der Waals surface area contributed by atoms with Crippen molar-refractivity contribution in [2.24, 2.45) is 0 Å². The molecule has 9 aromatic rings. The van der Waals surface area contributed by atoms with Crippen LogP contribution in [0.1, 0.15) is 32.4 Å². The van der Waals surface area contributed by atoms with Crippen molar-refractivity contribution in [3.05, 3.63) is 193 Å². The monoisotopic (exact) mass is 723 g/mol. The molecule has 0 aliphatic carbocycles. The third-order valence-corrected chi connectivity index (χ3v) is 10.5. The van der Waals surface area contributed by atoms with E-state index >= 15 is 0 Å². The first-order valence-corrected chi connectivity index (χ1v) is 19.2. The van der Waals surface area contributed by atoms with Crippen molar-refractivity contribution in [3.63, 3.8) is 0 Å². The Morgan fingerprint density at radius 3 is 1.66 bits per heavy atom. The zero-order chi connectivity index (χ0) is 38.0. The number of nitrogens with zero attached hydrogens (tertiary/aromatic N) is 5. The Morgan fingerprint density at radius 2 is 1.07 bits per heavy atom. The third kappa shape index (κ3) is 6.33. The molecule has 0 N–H and O–H groups in total. The standard InChI is InChI=1S/C51H41N5/c1-4-31-55(42-26-16-9-17-27-42)35(3)44-30-29-37-25-18-28-46-47(37)48(44)45(5-2)56(46)43-33-40(36-19-10-6-11-20-36)32-41(34-43)51-53-49(38-21-12-7-13-22-38)52-50(54-51)39-23-14-8-15-24-39/h4-35H,1-3H3/b31-4-,45-5+. The molecule has 5 heteroatoms. The number of aromatic nitrogens is 4. The molecule has 0 spiro atoms. The van der Waals surface area contributed by atoms with E-state index in [0.29, 0.717) is 17.5 Å². The minimum atomic E-state index is 0.0557. The van der Waals surface area contributed by atoms with Gasteiger partial charge in [0.2, 0.25) is 0 Å². The maximum absolute atomic E-state index is 5.15. The molecular weight excluding hydrogens is 683 g/mol. The molecule has 0 saturated carbocycles. The van der Waals surface area contributed by atoms with Crippen molar-refractivity contribution < 1.29 is 0 Å². The average molecular weight is 724 g/mol. The highest BCUT2D eigenvalue weighted by atomic mass is 15.1. The van der Waals surface area contributed by atoms with Gasteiger partial charge in [-0.05, 0) is 79.2 Å². The lowest BCUT2D eigenvalue weighted by atomic mass is 9.97. The van der Waals surface area contributed by atoms with Gasteiger partial charge >= 0.3 is 0 Å². The van der Waals surface area contributed by atoms with Gasteiger partial charge in [0.25, 0.3) is 0 Å². The van der Waals surface area contributed by atoms with Gasteiger partial charge in [0.1, 0.15) is 0 Å². The molecule has 2 heterocycles. The maximum atomic E-state index is 5.15. The minimum absolute atomic E-state index is 0.0557. The van der Waals surface area contributed by atoms with Crippen molar-refractivity contribution in [1.29, 1.82) is 0 Å². The number of anilines is 1. The first-order valence-electron chi connectivity index (χ1n) is 19.2. The topological polar surface area (TPSA) is 46.8 Å². The van der Waals surface area contributed by atoms with Crippen LogP contribution in [0.25, 0.3) is 78.7 Å². The number of hydrogen-bond donors (Lipinski definition) is 0. The van der Waals surface area contributed by atoms with Crippen LogP contribution >= 0.6 is 0 Å². The van der Waals surface area contributed by atoms with Crippen LogP contribution in [0.5, 0.6) is 0 Å². The van der Waals surface area contributed by atoms with E-state index in [2.05, 4.69) is 158 Å². The summed E-state index contributed by atoms with van der Waals surface area (Å²) in [5.41, 5.74) is 9.59. The van der Waals surface area contributed by atoms with E-state index in [1.807, 2.05) is 60.7 Å². The highest BCUT2D eigenvalue weighted by Gasteiger charge is 2.23. The minimum Gasteiger partial charge on any atom is -0.341 e. The van der Waals surface area contributed by atoms with Gasteiger partial charge in [-0.2, -0.15) is 0 Å². The molecule has 56 heavy (non-hydrogen) atoms. The van der Waals surface area contributed by atoms with Crippen molar-refractivity contribution in [2.45, 2.75) is 26.8 Å². The predicted molar refractivity (Wildman–Crippen MR) is 233 cm³/mol. The largest absolute Gasteiger partial charge is 0.341 e. The molecule has 0 aliphatic heterocycles. The Kier molecular flexibility index (Phi) is 9.26. The van der Waals surface area contributed by atoms with Crippen molar-refractivity contribution in [2.75, 3.05) is 4.90 Å². The average Bonchev–Trinajstić information content (AvgIpc) is 3.62. The summed E-state index contributed by atoms with van der Waals surface area (Å²) < 4.78 is 2.42. The summed E-state index contributed by atoms with van der Waals surface area (Å²) in [6.45, 7) is 6.52. The summed E-state index contributed by atoms with van der Waals surface area (Å²) in [7, 11) is 0. The summed E-state index contributed by atoms with van der Waals surface area (Å²) in [5.74, 6) is 1.89. The molecule has 2 aromatic heterocycles. The van der Waals surface area contributed by atoms with Crippen LogP contribution in [0.2, 0.25) is 0 Å². The molecule has 7 aromatic carbocycles. The van der Waals surface area contributed by atoms with Gasteiger partial charge in [0.15, 0.2) is 17.5 Å². The molecule has 0 saturated heterocycles. The second-order valence-electron chi connectivity index (χ2n) is 14.0. The van der Waals surface area contributed by atoms with Crippen LogP contribution in [0.15, 0.2) is 182 Å². The maximum Gasteiger partial charge on any atom is 0.164 e. The summed E-state index contributed by atoms with van der Waals surface area (Å²) in [5, 5.41) is 4.87. The Bertz CT molecular complexity index is 2820. The van der Waals surface area contributed by atoms with Crippen LogP contribution in [0.4, 0.5) is 5.69 Å². The smallest absolute Gasteiger partial charge is 0.164 e. The van der Waals surface area contributed by atoms with E-state index in [4.69, 9.17) is 15.0 Å². The van der Waals surface area contributed by atoms with Crippen molar-refractivity contribution in [1.82, 2.24) is 19.5 Å². The van der Waals surface area contributed by atoms with Crippen LogP contribution in [0, 0.1) is 0 Å². The molecule has 0 radical (unpaired) electrons. The zero-order valence-corrected chi connectivity index (χ0v) is 31.7. The number of benzene rings is 7. The van der Waals surface area contributed by atoms with Gasteiger partial charge in [0, 0.05) is 45.0 Å². The number of hydrogen-bond acceptors (Lipinski definition) is 4. The van der Waals surface area contributed by atoms with Crippen LogP contribution in [-0.4, -0.2) is 19.5 Å². The lowest BCUT2D eigenvalue weighted by Crippen LogP contribution is -2.22. The molecule has 1 atom stereocenters. The fourth-order valence-corrected chi connectivity index (χ4v) is 7.93. The first-order chi connectivity index (χ1) is 27.6. The molecule has 0 aliphatic rings. The van der Waals surface area contributed by atoms with Gasteiger partial charge in [0.05, 0.1) is 16.9 Å². The number of rotatable bonds is 9. The summed E-state index contributed by atoms with van der Waals surface area (Å²) >= 11 is 0. The highest BCUT2D eigenvalue weighted by molar-refractivity contribution is 6.12. The van der Waals surface area contributed by atoms with E-state index in [-0.39, 0.29) is 6.04 Å². The summed E-state index contributed by atoms with van der Waals surface area (Å²) in [6, 6.07) is 59.5. The quantitative estimate of drug-likeness (QED) is 0.149. The normalized spacial score (nSPS) is 12.5. The second kappa shape index (κ2) is 15.0. The summed E-state index contributed by atoms with van der Waals surface area (Å²) in [6.07, 6.45) is 6.55. The van der Waals surface area contributed by atoms with E-state index in [9.17, 15) is 0 Å². The lowest BCUT2D eigenvalue weighted by molar-refractivity contribution is 0.773. The van der Waals surface area contributed by atoms with E-state index in [0.717, 1.165) is 50.1 Å². The van der Waals surface area contributed by atoms with Gasteiger partial charge in [-0.25, -0.2) is 15.0 Å². The predicted octanol–water partition coefficient (Wildman–Crippen LogP) is 12.3. The molecule has 0 amide bonds. The Hall–Kier alpha value is -7.11. The fraction of sp³-hybridized carbons (Fsp3) is 0.0784. The number of allylic oxidation sites excluding steroid dienone is 1. The van der Waals surface area contributed by atoms with Gasteiger partial charge in [-0.3, -0.25) is 0 Å².